The molecule has 3 heterocycles. The molecule has 0 aliphatic rings. The number of nitrogens with zero attached hydrogens (tertiary/aromatic N) is 3. The van der Waals surface area contributed by atoms with Gasteiger partial charge in [0.25, 0.3) is 0 Å². The molecule has 0 atom stereocenters. The summed E-state index contributed by atoms with van der Waals surface area (Å²) in [6.07, 6.45) is 0. The molecule has 4 nitrogen and oxygen atoms in total. The van der Waals surface area contributed by atoms with Gasteiger partial charge in [0.05, 0.1) is 0 Å². The molecule has 0 aliphatic heterocycles. The largest absolute Gasteiger partial charge is 0.456 e. The van der Waals surface area contributed by atoms with Crippen molar-refractivity contribution in [3.8, 4) is 56.4 Å². The average molecular weight is 717 g/mol. The minimum absolute atomic E-state index is 0.604. The maximum atomic E-state index is 6.62. The van der Waals surface area contributed by atoms with Crippen LogP contribution in [0.1, 0.15) is 0 Å². The summed E-state index contributed by atoms with van der Waals surface area (Å²) in [7, 11) is 11.1. The molecule has 10 aromatic rings. The molecule has 0 saturated carbocycles. The average Bonchev–Trinajstić information content (AvgIpc) is 3.81. The number of fused-ring (bicyclic) bond motifs is 6. The van der Waals surface area contributed by atoms with Crippen LogP contribution in [0, 0.1) is 0 Å². The Labute approximate surface area is 327 Å². The van der Waals surface area contributed by atoms with Crippen LogP contribution in [0.15, 0.2) is 138 Å². The van der Waals surface area contributed by atoms with Crippen molar-refractivity contribution < 1.29 is 4.42 Å². The quantitative estimate of drug-likeness (QED) is 0.255. The number of furan rings is 1. The smallest absolute Gasteiger partial charge is 0.164 e. The molecule has 10 heteroatoms. The fourth-order valence-corrected chi connectivity index (χ4v) is 9.56. The Bertz CT molecular complexity index is 3150. The van der Waals surface area contributed by atoms with Crippen LogP contribution in [-0.4, -0.2) is 54.2 Å². The fraction of sp³-hybridized carbons (Fsp3) is 0. The van der Waals surface area contributed by atoms with E-state index in [4.69, 9.17) is 19.4 Å². The van der Waals surface area contributed by atoms with Crippen molar-refractivity contribution in [3.05, 3.63) is 133 Å². The molecule has 0 saturated heterocycles. The highest BCUT2D eigenvalue weighted by molar-refractivity contribution is 7.26. The molecular weight excluding hydrogens is 685 g/mol. The zero-order valence-electron chi connectivity index (χ0n) is 31.4. The normalized spacial score (nSPS) is 11.6. The Morgan fingerprint density at radius 3 is 1.71 bits per heavy atom. The number of aromatic nitrogens is 3. The summed E-state index contributed by atoms with van der Waals surface area (Å²) in [5.41, 5.74) is 15.8. The molecule has 0 amide bonds. The van der Waals surface area contributed by atoms with Crippen molar-refractivity contribution >= 4 is 120 Å². The third-order valence-corrected chi connectivity index (χ3v) is 12.8. The summed E-state index contributed by atoms with van der Waals surface area (Å²) in [4.78, 5) is 15.6. The van der Waals surface area contributed by atoms with Gasteiger partial charge in [-0.25, -0.2) is 15.0 Å². The predicted octanol–water partition coefficient (Wildman–Crippen LogP) is 3.77. The Morgan fingerprint density at radius 2 is 0.945 bits per heavy atom. The number of hydrogen-bond acceptors (Lipinski definition) is 5. The lowest BCUT2D eigenvalue weighted by molar-refractivity contribution is 0.669. The second-order valence-corrected chi connectivity index (χ2v) is 15.5. The van der Waals surface area contributed by atoms with E-state index in [1.54, 1.807) is 0 Å². The lowest BCUT2D eigenvalue weighted by Gasteiger charge is -2.20. The van der Waals surface area contributed by atoms with Gasteiger partial charge in [0.1, 0.15) is 50.4 Å². The van der Waals surface area contributed by atoms with E-state index in [2.05, 4.69) is 142 Å². The summed E-state index contributed by atoms with van der Waals surface area (Å²) in [5, 5.41) is 4.59. The predicted molar refractivity (Wildman–Crippen MR) is 248 cm³/mol. The molecule has 55 heavy (non-hydrogen) atoms. The Kier molecular flexibility index (Phi) is 7.93. The molecule has 0 unspecified atom stereocenters. The first-order valence-corrected chi connectivity index (χ1v) is 19.5. The van der Waals surface area contributed by atoms with E-state index in [1.165, 1.54) is 58.6 Å². The lowest BCUT2D eigenvalue weighted by Crippen LogP contribution is -2.55. The number of rotatable bonds is 5. The van der Waals surface area contributed by atoms with Gasteiger partial charge in [0.15, 0.2) is 17.5 Å². The van der Waals surface area contributed by atoms with Crippen LogP contribution < -0.4 is 27.3 Å². The van der Waals surface area contributed by atoms with E-state index < -0.39 is 0 Å². The molecule has 7 aromatic carbocycles. The molecule has 254 valence electrons. The minimum atomic E-state index is 0.604. The standard InChI is InChI=1S/C45H32B5N3OS/c46-37-34(38(47)40(49)41(50)39(37)48)24-12-6-13-25(22-24)44-51-43(23-10-2-1-3-11-23)52-45(53-44)30-18-9-20-32-36(30)35-27(15-8-19-31(35)54-32)29-17-7-16-28-26-14-4-5-21-33(26)55-42(28)29/h1-22H,46-50H2. The van der Waals surface area contributed by atoms with Crippen LogP contribution in [0.3, 0.4) is 0 Å². The first kappa shape index (κ1) is 33.5. The summed E-state index contributed by atoms with van der Waals surface area (Å²) in [5.74, 6) is 1.86. The van der Waals surface area contributed by atoms with Crippen molar-refractivity contribution in [1.82, 2.24) is 15.0 Å². The third-order valence-electron chi connectivity index (χ3n) is 11.5. The van der Waals surface area contributed by atoms with Gasteiger partial charge in [0.2, 0.25) is 0 Å². The summed E-state index contributed by atoms with van der Waals surface area (Å²) < 4.78 is 9.17. The van der Waals surface area contributed by atoms with Gasteiger partial charge < -0.3 is 4.42 Å². The van der Waals surface area contributed by atoms with Gasteiger partial charge in [-0.1, -0.05) is 120 Å². The fourth-order valence-electron chi connectivity index (χ4n) is 8.33. The van der Waals surface area contributed by atoms with Gasteiger partial charge in [0, 0.05) is 53.2 Å². The highest BCUT2D eigenvalue weighted by Crippen LogP contribution is 2.45. The molecular formula is C45H32B5N3OS. The zero-order valence-corrected chi connectivity index (χ0v) is 32.2. The van der Waals surface area contributed by atoms with Crippen LogP contribution in [0.25, 0.3) is 98.5 Å². The lowest BCUT2D eigenvalue weighted by atomic mass is 9.59. The zero-order chi connectivity index (χ0) is 37.4. The summed E-state index contributed by atoms with van der Waals surface area (Å²) in [6, 6.07) is 46.7. The van der Waals surface area contributed by atoms with Gasteiger partial charge in [-0.3, -0.25) is 0 Å². The summed E-state index contributed by atoms with van der Waals surface area (Å²) in [6.45, 7) is 0. The van der Waals surface area contributed by atoms with Crippen LogP contribution in [-0.2, 0) is 0 Å². The van der Waals surface area contributed by atoms with Crippen LogP contribution in [0.2, 0.25) is 0 Å². The molecule has 0 radical (unpaired) electrons. The number of thiophene rings is 1. The van der Waals surface area contributed by atoms with Gasteiger partial charge in [-0.15, -0.1) is 27.7 Å². The third kappa shape index (κ3) is 5.38. The van der Waals surface area contributed by atoms with Gasteiger partial charge >= 0.3 is 0 Å². The first-order valence-electron chi connectivity index (χ1n) is 18.7. The molecule has 0 fully saturated rings. The van der Waals surface area contributed by atoms with E-state index in [0.717, 1.165) is 49.8 Å². The maximum Gasteiger partial charge on any atom is 0.164 e. The van der Waals surface area contributed by atoms with Crippen LogP contribution in [0.4, 0.5) is 0 Å². The topological polar surface area (TPSA) is 51.8 Å². The monoisotopic (exact) mass is 717 g/mol. The number of hydrogen-bond donors (Lipinski definition) is 0. The van der Waals surface area contributed by atoms with Crippen molar-refractivity contribution in [3.63, 3.8) is 0 Å². The highest BCUT2D eigenvalue weighted by Gasteiger charge is 2.22. The van der Waals surface area contributed by atoms with Crippen LogP contribution >= 0.6 is 11.3 Å². The maximum absolute atomic E-state index is 6.62. The Hall–Kier alpha value is -6.11. The highest BCUT2D eigenvalue weighted by atomic mass is 32.1. The van der Waals surface area contributed by atoms with E-state index in [0.29, 0.717) is 17.5 Å². The molecule has 0 aliphatic carbocycles. The van der Waals surface area contributed by atoms with Crippen molar-refractivity contribution in [2.45, 2.75) is 0 Å². The SMILES string of the molecule is Bc1c(B)c(B)c(-c2cccc(-c3nc(-c4ccccc4)nc(-c4cccc5oc6cccc(-c7cccc8c7sc7ccccc78)c6c45)n3)c2)c(B)c1B. The Morgan fingerprint density at radius 1 is 0.418 bits per heavy atom. The molecule has 0 bridgehead atoms. The Balaban J connectivity index is 1.21. The van der Waals surface area contributed by atoms with E-state index in [9.17, 15) is 0 Å². The molecule has 0 spiro atoms. The first-order chi connectivity index (χ1) is 26.9. The second-order valence-electron chi connectivity index (χ2n) is 14.5. The van der Waals surface area contributed by atoms with Crippen molar-refractivity contribution in [1.29, 1.82) is 0 Å². The summed E-state index contributed by atoms with van der Waals surface area (Å²) >= 11 is 1.84. The molecule has 10 rings (SSSR count). The van der Waals surface area contributed by atoms with E-state index >= 15 is 0 Å². The van der Waals surface area contributed by atoms with Crippen molar-refractivity contribution in [2.75, 3.05) is 0 Å². The van der Waals surface area contributed by atoms with E-state index in [-0.39, 0.29) is 0 Å². The van der Waals surface area contributed by atoms with Gasteiger partial charge in [-0.05, 0) is 41.0 Å². The van der Waals surface area contributed by atoms with Crippen molar-refractivity contribution in [2.24, 2.45) is 0 Å². The molecule has 3 aromatic heterocycles. The second kappa shape index (κ2) is 13.0. The number of benzene rings is 7. The van der Waals surface area contributed by atoms with E-state index in [1.807, 2.05) is 41.7 Å². The van der Waals surface area contributed by atoms with Crippen LogP contribution in [0.5, 0.6) is 0 Å². The molecule has 0 N–H and O–H groups in total. The van der Waals surface area contributed by atoms with Gasteiger partial charge in [-0.2, -0.15) is 0 Å². The minimum Gasteiger partial charge on any atom is -0.456 e.